The monoisotopic (exact) mass is 243 g/mol. The summed E-state index contributed by atoms with van der Waals surface area (Å²) in [5, 5.41) is 2.52. The largest absolute Gasteiger partial charge is 0.353 e. The molecule has 0 saturated carbocycles. The average molecular weight is 243 g/mol. The maximum Gasteiger partial charge on any atom is 0.266 e. The summed E-state index contributed by atoms with van der Waals surface area (Å²) < 4.78 is 37.7. The lowest BCUT2D eigenvalue weighted by molar-refractivity contribution is -0.118. The van der Waals surface area contributed by atoms with Crippen molar-refractivity contribution in [3.05, 3.63) is 41.2 Å². The second kappa shape index (κ2) is 6.08. The van der Waals surface area contributed by atoms with E-state index in [0.717, 1.165) is 12.1 Å². The van der Waals surface area contributed by atoms with Crippen molar-refractivity contribution >= 4 is 12.0 Å². The third-order valence-electron chi connectivity index (χ3n) is 2.04. The molecular formula is C12H12F3NO. The number of alkyl halides is 2. The van der Waals surface area contributed by atoms with Crippen molar-refractivity contribution in [1.82, 2.24) is 5.32 Å². The van der Waals surface area contributed by atoms with E-state index in [1.807, 2.05) is 0 Å². The topological polar surface area (TPSA) is 29.1 Å². The highest BCUT2D eigenvalue weighted by atomic mass is 19.3. The molecule has 0 radical (unpaired) electrons. The van der Waals surface area contributed by atoms with Crippen LogP contribution in [0.25, 0.3) is 6.08 Å². The molecule has 1 rings (SSSR count). The fraction of sp³-hybridized carbons (Fsp3) is 0.250. The van der Waals surface area contributed by atoms with Gasteiger partial charge in [-0.1, -0.05) is 18.2 Å². The van der Waals surface area contributed by atoms with Crippen molar-refractivity contribution in [2.24, 2.45) is 0 Å². The van der Waals surface area contributed by atoms with Gasteiger partial charge in [-0.15, -0.1) is 0 Å². The van der Waals surface area contributed by atoms with Crippen LogP contribution in [0, 0.1) is 5.82 Å². The number of rotatable bonds is 4. The number of hydrogen-bond acceptors (Lipinski definition) is 1. The van der Waals surface area contributed by atoms with Crippen LogP contribution in [0.3, 0.4) is 0 Å². The third-order valence-corrected chi connectivity index (χ3v) is 2.04. The Labute approximate surface area is 97.1 Å². The van der Waals surface area contributed by atoms with Crippen LogP contribution in [0.2, 0.25) is 0 Å². The summed E-state index contributed by atoms with van der Waals surface area (Å²) in [6.07, 6.45) is 0.347. The maximum absolute atomic E-state index is 13.2. The van der Waals surface area contributed by atoms with Gasteiger partial charge in [-0.05, 0) is 17.7 Å². The molecule has 0 heterocycles. The molecule has 0 bridgehead atoms. The van der Waals surface area contributed by atoms with E-state index >= 15 is 0 Å². The Hall–Kier alpha value is -1.78. The molecule has 0 spiro atoms. The number of carbonyl (C=O) groups is 1. The highest BCUT2D eigenvalue weighted by molar-refractivity contribution is 5.73. The number of carbonyl (C=O) groups excluding carboxylic acids is 1. The molecule has 1 aromatic rings. The number of amides is 1. The quantitative estimate of drug-likeness (QED) is 0.865. The molecule has 0 aromatic heterocycles. The standard InChI is InChI=1S/C12H12F3NO/c1-8(17)16-6-2-3-9-4-5-10(12(14)15)11(13)7-9/h2-5,7,12H,6H2,1H3,(H,16,17). The minimum atomic E-state index is -2.81. The van der Waals surface area contributed by atoms with E-state index in [9.17, 15) is 18.0 Å². The minimum Gasteiger partial charge on any atom is -0.353 e. The van der Waals surface area contributed by atoms with E-state index in [1.54, 1.807) is 12.2 Å². The van der Waals surface area contributed by atoms with Gasteiger partial charge in [0.2, 0.25) is 5.91 Å². The van der Waals surface area contributed by atoms with Crippen LogP contribution < -0.4 is 5.32 Å². The van der Waals surface area contributed by atoms with Crippen LogP contribution in [-0.2, 0) is 4.79 Å². The van der Waals surface area contributed by atoms with Gasteiger partial charge in [-0.3, -0.25) is 4.79 Å². The van der Waals surface area contributed by atoms with E-state index in [2.05, 4.69) is 5.32 Å². The first-order chi connectivity index (χ1) is 8.00. The summed E-state index contributed by atoms with van der Waals surface area (Å²) in [6, 6.07) is 3.48. The van der Waals surface area contributed by atoms with Gasteiger partial charge in [-0.2, -0.15) is 0 Å². The van der Waals surface area contributed by atoms with Crippen LogP contribution in [0.5, 0.6) is 0 Å². The van der Waals surface area contributed by atoms with Crippen molar-refractivity contribution < 1.29 is 18.0 Å². The molecule has 0 aliphatic rings. The molecule has 0 saturated heterocycles. The molecule has 5 heteroatoms. The zero-order valence-corrected chi connectivity index (χ0v) is 9.21. The molecular weight excluding hydrogens is 231 g/mol. The molecule has 1 amide bonds. The van der Waals surface area contributed by atoms with Crippen molar-refractivity contribution in [3.8, 4) is 0 Å². The van der Waals surface area contributed by atoms with Gasteiger partial charge in [0.05, 0.1) is 5.56 Å². The number of nitrogens with one attached hydrogen (secondary N) is 1. The predicted octanol–water partition coefficient (Wildman–Crippen LogP) is 2.91. The zero-order chi connectivity index (χ0) is 12.8. The smallest absolute Gasteiger partial charge is 0.266 e. The second-order valence-corrected chi connectivity index (χ2v) is 3.42. The Bertz CT molecular complexity index is 430. The van der Waals surface area contributed by atoms with Gasteiger partial charge in [-0.25, -0.2) is 13.2 Å². The van der Waals surface area contributed by atoms with Gasteiger partial charge in [0.15, 0.2) is 0 Å². The molecule has 2 nitrogen and oxygen atoms in total. The summed E-state index contributed by atoms with van der Waals surface area (Å²) in [7, 11) is 0. The van der Waals surface area contributed by atoms with Gasteiger partial charge in [0.1, 0.15) is 5.82 Å². The first-order valence-corrected chi connectivity index (χ1v) is 4.99. The highest BCUT2D eigenvalue weighted by Crippen LogP contribution is 2.22. The van der Waals surface area contributed by atoms with Crippen LogP contribution in [-0.4, -0.2) is 12.5 Å². The second-order valence-electron chi connectivity index (χ2n) is 3.42. The fourth-order valence-electron chi connectivity index (χ4n) is 1.22. The highest BCUT2D eigenvalue weighted by Gasteiger charge is 2.12. The van der Waals surface area contributed by atoms with E-state index in [4.69, 9.17) is 0 Å². The molecule has 1 aromatic carbocycles. The molecule has 0 aliphatic carbocycles. The molecule has 17 heavy (non-hydrogen) atoms. The minimum absolute atomic E-state index is 0.172. The van der Waals surface area contributed by atoms with E-state index in [-0.39, 0.29) is 5.91 Å². The number of halogens is 3. The average Bonchev–Trinajstić information content (AvgIpc) is 2.23. The van der Waals surface area contributed by atoms with Gasteiger partial charge < -0.3 is 5.32 Å². The van der Waals surface area contributed by atoms with Gasteiger partial charge in [0.25, 0.3) is 6.43 Å². The molecule has 0 fully saturated rings. The SMILES string of the molecule is CC(=O)NCC=Cc1ccc(C(F)F)c(F)c1. The summed E-state index contributed by atoms with van der Waals surface area (Å²) in [5.74, 6) is -1.10. The molecule has 1 N–H and O–H groups in total. The Kier molecular flexibility index (Phi) is 4.75. The van der Waals surface area contributed by atoms with Crippen molar-refractivity contribution in [2.45, 2.75) is 13.3 Å². The van der Waals surface area contributed by atoms with Crippen LogP contribution in [0.1, 0.15) is 24.5 Å². The summed E-state index contributed by atoms with van der Waals surface area (Å²) in [5.41, 5.74) is -0.138. The maximum atomic E-state index is 13.2. The van der Waals surface area contributed by atoms with E-state index in [0.29, 0.717) is 12.1 Å². The summed E-state index contributed by atoms with van der Waals surface area (Å²) in [6.45, 7) is 1.69. The van der Waals surface area contributed by atoms with E-state index in [1.165, 1.54) is 13.0 Å². The molecule has 0 atom stereocenters. The van der Waals surface area contributed by atoms with Crippen LogP contribution >= 0.6 is 0 Å². The molecule has 92 valence electrons. The third kappa shape index (κ3) is 4.30. The molecule has 0 aliphatic heterocycles. The van der Waals surface area contributed by atoms with Crippen molar-refractivity contribution in [2.75, 3.05) is 6.54 Å². The number of hydrogen-bond donors (Lipinski definition) is 1. The molecule has 0 unspecified atom stereocenters. The van der Waals surface area contributed by atoms with E-state index < -0.39 is 17.8 Å². The van der Waals surface area contributed by atoms with Gasteiger partial charge >= 0.3 is 0 Å². The van der Waals surface area contributed by atoms with Crippen LogP contribution in [0.15, 0.2) is 24.3 Å². The normalized spacial score (nSPS) is 11.1. The lowest BCUT2D eigenvalue weighted by Gasteiger charge is -2.02. The first-order valence-electron chi connectivity index (χ1n) is 4.99. The van der Waals surface area contributed by atoms with Crippen molar-refractivity contribution in [3.63, 3.8) is 0 Å². The van der Waals surface area contributed by atoms with Gasteiger partial charge in [0, 0.05) is 13.5 Å². The Morgan fingerprint density at radius 1 is 1.47 bits per heavy atom. The lowest BCUT2D eigenvalue weighted by atomic mass is 10.1. The van der Waals surface area contributed by atoms with Crippen LogP contribution in [0.4, 0.5) is 13.2 Å². The summed E-state index contributed by atoms with van der Waals surface area (Å²) in [4.78, 5) is 10.5. The zero-order valence-electron chi connectivity index (χ0n) is 9.21. The lowest BCUT2D eigenvalue weighted by Crippen LogP contribution is -2.19. The number of benzene rings is 1. The van der Waals surface area contributed by atoms with Crippen molar-refractivity contribution in [1.29, 1.82) is 0 Å². The fourth-order valence-corrected chi connectivity index (χ4v) is 1.22. The Morgan fingerprint density at radius 2 is 2.18 bits per heavy atom. The Morgan fingerprint density at radius 3 is 2.71 bits per heavy atom. The summed E-state index contributed by atoms with van der Waals surface area (Å²) >= 11 is 0. The Balaban J connectivity index is 2.67. The predicted molar refractivity (Wildman–Crippen MR) is 59.1 cm³/mol. The first kappa shape index (κ1) is 13.3.